The van der Waals surface area contributed by atoms with E-state index in [0.717, 1.165) is 23.1 Å². The third-order valence-electron chi connectivity index (χ3n) is 2.08. The highest BCUT2D eigenvalue weighted by atomic mass is 35.5. The molecule has 2 heterocycles. The zero-order valence-corrected chi connectivity index (χ0v) is 10.3. The van der Waals surface area contributed by atoms with Crippen molar-refractivity contribution in [3.05, 3.63) is 45.6 Å². The Morgan fingerprint density at radius 3 is 2.75 bits per heavy atom. The van der Waals surface area contributed by atoms with Crippen LogP contribution in [0.2, 0.25) is 4.34 Å². The predicted molar refractivity (Wildman–Crippen MR) is 66.8 cm³/mol. The summed E-state index contributed by atoms with van der Waals surface area (Å²) in [5.41, 5.74) is 0. The molecule has 0 bridgehead atoms. The Bertz CT molecular complexity index is 430. The molecule has 0 unspecified atom stereocenters. The molecule has 2 rings (SSSR count). The van der Waals surface area contributed by atoms with Crippen LogP contribution in [0.15, 0.2) is 30.6 Å². The molecule has 1 N–H and O–H groups in total. The Morgan fingerprint density at radius 1 is 1.25 bits per heavy atom. The van der Waals surface area contributed by atoms with Gasteiger partial charge in [-0.1, -0.05) is 11.6 Å². The largest absolute Gasteiger partial charge is 0.309 e. The SMILES string of the molecule is Clc1ccc(CCNCc2ncccn2)s1. The van der Waals surface area contributed by atoms with Gasteiger partial charge < -0.3 is 5.32 Å². The van der Waals surface area contributed by atoms with Gasteiger partial charge in [0, 0.05) is 23.8 Å². The number of halogens is 1. The monoisotopic (exact) mass is 253 g/mol. The lowest BCUT2D eigenvalue weighted by Crippen LogP contribution is -2.17. The van der Waals surface area contributed by atoms with Crippen LogP contribution in [0.25, 0.3) is 0 Å². The third kappa shape index (κ3) is 3.56. The van der Waals surface area contributed by atoms with Crippen molar-refractivity contribution in [1.82, 2.24) is 15.3 Å². The molecule has 0 aliphatic rings. The van der Waals surface area contributed by atoms with Crippen molar-refractivity contribution in [2.75, 3.05) is 6.54 Å². The molecule has 0 atom stereocenters. The summed E-state index contributed by atoms with van der Waals surface area (Å²) in [4.78, 5) is 9.57. The van der Waals surface area contributed by atoms with E-state index in [4.69, 9.17) is 11.6 Å². The first-order valence-electron chi connectivity index (χ1n) is 5.05. The molecule has 0 saturated carbocycles. The van der Waals surface area contributed by atoms with Gasteiger partial charge in [0.1, 0.15) is 5.82 Å². The number of rotatable bonds is 5. The second kappa shape index (κ2) is 5.94. The zero-order valence-electron chi connectivity index (χ0n) is 8.69. The standard InChI is InChI=1S/C11H12ClN3S/c12-10-3-2-9(16-10)4-7-13-8-11-14-5-1-6-15-11/h1-3,5-6,13H,4,7-8H2. The summed E-state index contributed by atoms with van der Waals surface area (Å²) in [5.74, 6) is 0.826. The van der Waals surface area contributed by atoms with Crippen molar-refractivity contribution in [1.29, 1.82) is 0 Å². The van der Waals surface area contributed by atoms with Crippen molar-refractivity contribution < 1.29 is 0 Å². The molecular weight excluding hydrogens is 242 g/mol. The molecule has 0 aliphatic heterocycles. The molecule has 0 aliphatic carbocycles. The van der Waals surface area contributed by atoms with Gasteiger partial charge in [0.05, 0.1) is 10.9 Å². The Kier molecular flexibility index (Phi) is 4.27. The second-order valence-corrected chi connectivity index (χ2v) is 5.10. The van der Waals surface area contributed by atoms with E-state index < -0.39 is 0 Å². The molecule has 0 radical (unpaired) electrons. The van der Waals surface area contributed by atoms with Gasteiger partial charge in [0.15, 0.2) is 0 Å². The van der Waals surface area contributed by atoms with E-state index in [0.29, 0.717) is 6.54 Å². The molecule has 16 heavy (non-hydrogen) atoms. The molecule has 5 heteroatoms. The summed E-state index contributed by atoms with van der Waals surface area (Å²) >= 11 is 7.48. The Morgan fingerprint density at radius 2 is 2.06 bits per heavy atom. The molecule has 2 aromatic rings. The minimum atomic E-state index is 0.708. The van der Waals surface area contributed by atoms with Crippen LogP contribution in [0.3, 0.4) is 0 Å². The normalized spacial score (nSPS) is 10.6. The molecule has 0 spiro atoms. The van der Waals surface area contributed by atoms with E-state index in [2.05, 4.69) is 21.4 Å². The van der Waals surface area contributed by atoms with Gasteiger partial charge in [-0.05, 0) is 24.6 Å². The fraction of sp³-hybridized carbons (Fsp3) is 0.273. The van der Waals surface area contributed by atoms with E-state index in [1.165, 1.54) is 4.88 Å². The Balaban J connectivity index is 1.69. The average Bonchev–Trinajstić information content (AvgIpc) is 2.72. The van der Waals surface area contributed by atoms with Crippen molar-refractivity contribution in [2.45, 2.75) is 13.0 Å². The topological polar surface area (TPSA) is 37.8 Å². The first-order chi connectivity index (χ1) is 7.84. The number of aromatic nitrogens is 2. The highest BCUT2D eigenvalue weighted by molar-refractivity contribution is 7.16. The molecule has 84 valence electrons. The minimum Gasteiger partial charge on any atom is -0.309 e. The summed E-state index contributed by atoms with van der Waals surface area (Å²) in [6.45, 7) is 1.62. The average molecular weight is 254 g/mol. The van der Waals surface area contributed by atoms with Crippen LogP contribution in [-0.2, 0) is 13.0 Å². The smallest absolute Gasteiger partial charge is 0.141 e. The number of hydrogen-bond acceptors (Lipinski definition) is 4. The van der Waals surface area contributed by atoms with Gasteiger partial charge in [-0.2, -0.15) is 0 Å². The quantitative estimate of drug-likeness (QED) is 0.833. The van der Waals surface area contributed by atoms with Crippen LogP contribution in [0.5, 0.6) is 0 Å². The van der Waals surface area contributed by atoms with Gasteiger partial charge >= 0.3 is 0 Å². The summed E-state index contributed by atoms with van der Waals surface area (Å²) in [7, 11) is 0. The van der Waals surface area contributed by atoms with Crippen molar-refractivity contribution >= 4 is 22.9 Å². The van der Waals surface area contributed by atoms with E-state index in [1.807, 2.05) is 12.1 Å². The van der Waals surface area contributed by atoms with E-state index in [1.54, 1.807) is 23.7 Å². The van der Waals surface area contributed by atoms with Crippen LogP contribution in [0.1, 0.15) is 10.7 Å². The molecule has 0 aromatic carbocycles. The fourth-order valence-electron chi connectivity index (χ4n) is 1.32. The third-order valence-corrected chi connectivity index (χ3v) is 3.37. The number of nitrogens with zero attached hydrogens (tertiary/aromatic N) is 2. The molecule has 2 aromatic heterocycles. The van der Waals surface area contributed by atoms with Gasteiger partial charge in [0.2, 0.25) is 0 Å². The summed E-state index contributed by atoms with van der Waals surface area (Å²) in [6.07, 6.45) is 4.50. The number of nitrogens with one attached hydrogen (secondary N) is 1. The van der Waals surface area contributed by atoms with E-state index >= 15 is 0 Å². The molecular formula is C11H12ClN3S. The van der Waals surface area contributed by atoms with Gasteiger partial charge in [0.25, 0.3) is 0 Å². The van der Waals surface area contributed by atoms with Crippen molar-refractivity contribution in [3.8, 4) is 0 Å². The van der Waals surface area contributed by atoms with Crippen LogP contribution < -0.4 is 5.32 Å². The highest BCUT2D eigenvalue weighted by Crippen LogP contribution is 2.21. The van der Waals surface area contributed by atoms with E-state index in [9.17, 15) is 0 Å². The second-order valence-electron chi connectivity index (χ2n) is 3.30. The lowest BCUT2D eigenvalue weighted by Gasteiger charge is -2.01. The Labute approximate surface area is 104 Å². The molecule has 0 saturated heterocycles. The first kappa shape index (κ1) is 11.5. The van der Waals surface area contributed by atoms with E-state index in [-0.39, 0.29) is 0 Å². The fourth-order valence-corrected chi connectivity index (χ4v) is 2.41. The minimum absolute atomic E-state index is 0.708. The number of thiophene rings is 1. The van der Waals surface area contributed by atoms with Crippen LogP contribution >= 0.6 is 22.9 Å². The first-order valence-corrected chi connectivity index (χ1v) is 6.25. The maximum absolute atomic E-state index is 5.85. The van der Waals surface area contributed by atoms with Crippen LogP contribution in [0.4, 0.5) is 0 Å². The lowest BCUT2D eigenvalue weighted by molar-refractivity contribution is 0.662. The van der Waals surface area contributed by atoms with Crippen LogP contribution in [-0.4, -0.2) is 16.5 Å². The highest BCUT2D eigenvalue weighted by Gasteiger charge is 1.98. The predicted octanol–water partition coefficient (Wildman–Crippen LogP) is 2.52. The van der Waals surface area contributed by atoms with Crippen molar-refractivity contribution in [2.24, 2.45) is 0 Å². The zero-order chi connectivity index (χ0) is 11.2. The summed E-state index contributed by atoms with van der Waals surface area (Å²) in [5, 5.41) is 3.30. The summed E-state index contributed by atoms with van der Waals surface area (Å²) in [6, 6.07) is 5.81. The molecule has 0 fully saturated rings. The summed E-state index contributed by atoms with van der Waals surface area (Å²) < 4.78 is 0.849. The van der Waals surface area contributed by atoms with Crippen molar-refractivity contribution in [3.63, 3.8) is 0 Å². The maximum Gasteiger partial charge on any atom is 0.141 e. The lowest BCUT2D eigenvalue weighted by atomic mass is 10.3. The maximum atomic E-state index is 5.85. The molecule has 0 amide bonds. The van der Waals surface area contributed by atoms with Gasteiger partial charge in [-0.15, -0.1) is 11.3 Å². The number of hydrogen-bond donors (Lipinski definition) is 1. The van der Waals surface area contributed by atoms with Gasteiger partial charge in [-0.25, -0.2) is 9.97 Å². The Hall–Kier alpha value is -0.970. The molecule has 3 nitrogen and oxygen atoms in total. The van der Waals surface area contributed by atoms with Gasteiger partial charge in [-0.3, -0.25) is 0 Å². The van der Waals surface area contributed by atoms with Crippen LogP contribution in [0, 0.1) is 0 Å².